The van der Waals surface area contributed by atoms with Gasteiger partial charge in [-0.15, -0.1) is 0 Å². The summed E-state index contributed by atoms with van der Waals surface area (Å²) in [6.07, 6.45) is 6.38. The summed E-state index contributed by atoms with van der Waals surface area (Å²) < 4.78 is 35.1. The summed E-state index contributed by atoms with van der Waals surface area (Å²) in [5, 5.41) is 9.83. The number of esters is 1. The Hall–Kier alpha value is -3.66. The first kappa shape index (κ1) is 29.3. The number of aromatic carboxylic acids is 1. The van der Waals surface area contributed by atoms with Crippen molar-refractivity contribution in [2.24, 2.45) is 0 Å². The fraction of sp³-hybridized carbons (Fsp3) is 0.419. The van der Waals surface area contributed by atoms with Crippen molar-refractivity contribution in [3.05, 3.63) is 76.9 Å². The lowest BCUT2D eigenvalue weighted by Crippen LogP contribution is -2.36. The van der Waals surface area contributed by atoms with Gasteiger partial charge in [-0.25, -0.2) is 9.59 Å². The van der Waals surface area contributed by atoms with Gasteiger partial charge < -0.3 is 33.5 Å². The van der Waals surface area contributed by atoms with E-state index in [0.717, 1.165) is 11.3 Å². The highest BCUT2D eigenvalue weighted by Crippen LogP contribution is 2.34. The van der Waals surface area contributed by atoms with Gasteiger partial charge in [0.05, 0.1) is 38.1 Å². The van der Waals surface area contributed by atoms with E-state index in [9.17, 15) is 14.7 Å². The van der Waals surface area contributed by atoms with Gasteiger partial charge in [-0.1, -0.05) is 36.4 Å². The Morgan fingerprint density at radius 3 is 2.42 bits per heavy atom. The van der Waals surface area contributed by atoms with E-state index in [-0.39, 0.29) is 17.2 Å². The van der Waals surface area contributed by atoms with Gasteiger partial charge in [0.15, 0.2) is 5.79 Å². The predicted molar refractivity (Wildman–Crippen MR) is 148 cm³/mol. The molecule has 0 spiro atoms. The normalized spacial score (nSPS) is 26.0. The van der Waals surface area contributed by atoms with Crippen LogP contribution in [0, 0.1) is 0 Å². The Labute approximate surface area is 234 Å². The second-order valence-electron chi connectivity index (χ2n) is 10.2. The lowest BCUT2D eigenvalue weighted by atomic mass is 9.98. The SMILES string of the molecule is COc1ccc(COC2/C=C\C[C@H](C)OC(=O)c3c(cc(OC)cc3C(=O)O)/C=C/C[C@@H]3OC(C)(C)O[C@H]23)cc1. The monoisotopic (exact) mass is 552 g/mol. The van der Waals surface area contributed by atoms with Crippen molar-refractivity contribution in [2.75, 3.05) is 14.2 Å². The molecule has 1 fully saturated rings. The molecule has 1 saturated heterocycles. The molecule has 9 heteroatoms. The van der Waals surface area contributed by atoms with Crippen molar-refractivity contribution in [2.45, 2.75) is 70.4 Å². The number of ether oxygens (including phenoxy) is 6. The van der Waals surface area contributed by atoms with Crippen molar-refractivity contribution in [3.8, 4) is 11.5 Å². The molecular formula is C31H36O9. The zero-order valence-electron chi connectivity index (χ0n) is 23.4. The van der Waals surface area contributed by atoms with Crippen LogP contribution < -0.4 is 9.47 Å². The summed E-state index contributed by atoms with van der Waals surface area (Å²) in [5.41, 5.74) is 1.14. The van der Waals surface area contributed by atoms with Crippen LogP contribution in [0.2, 0.25) is 0 Å². The minimum absolute atomic E-state index is 0.0291. The molecule has 4 rings (SSSR count). The van der Waals surface area contributed by atoms with Gasteiger partial charge in [0, 0.05) is 6.42 Å². The minimum Gasteiger partial charge on any atom is -0.497 e. The van der Waals surface area contributed by atoms with Crippen molar-refractivity contribution in [3.63, 3.8) is 0 Å². The number of carboxylic acid groups (broad SMARTS) is 1. The Morgan fingerprint density at radius 2 is 1.75 bits per heavy atom. The highest BCUT2D eigenvalue weighted by Gasteiger charge is 2.44. The molecule has 2 aromatic rings. The molecular weight excluding hydrogens is 516 g/mol. The van der Waals surface area contributed by atoms with Gasteiger partial charge in [-0.2, -0.15) is 0 Å². The van der Waals surface area contributed by atoms with Gasteiger partial charge in [0.1, 0.15) is 29.8 Å². The average Bonchev–Trinajstić information content (AvgIpc) is 3.23. The number of hydrogen-bond donors (Lipinski definition) is 1. The summed E-state index contributed by atoms with van der Waals surface area (Å²) in [6.45, 7) is 5.81. The maximum atomic E-state index is 13.2. The number of hydrogen-bond acceptors (Lipinski definition) is 8. The molecule has 0 amide bonds. The third kappa shape index (κ3) is 7.10. The van der Waals surface area contributed by atoms with Crippen LogP contribution in [-0.2, 0) is 25.6 Å². The van der Waals surface area contributed by atoms with Crippen LogP contribution in [0.15, 0.2) is 54.6 Å². The lowest BCUT2D eigenvalue weighted by Gasteiger charge is -2.25. The first-order valence-electron chi connectivity index (χ1n) is 13.2. The number of rotatable bonds is 6. The van der Waals surface area contributed by atoms with E-state index < -0.39 is 36.0 Å². The van der Waals surface area contributed by atoms with Crippen LogP contribution >= 0.6 is 0 Å². The Kier molecular flexibility index (Phi) is 9.29. The number of carbonyl (C=O) groups excluding carboxylic acids is 1. The van der Waals surface area contributed by atoms with E-state index in [4.69, 9.17) is 28.4 Å². The molecule has 214 valence electrons. The van der Waals surface area contributed by atoms with Crippen molar-refractivity contribution < 1.29 is 43.1 Å². The number of benzene rings is 2. The number of carboxylic acids is 1. The summed E-state index contributed by atoms with van der Waals surface area (Å²) in [5.74, 6) is -1.72. The van der Waals surface area contributed by atoms with E-state index in [0.29, 0.717) is 30.8 Å². The highest BCUT2D eigenvalue weighted by atomic mass is 16.8. The molecule has 0 aliphatic carbocycles. The summed E-state index contributed by atoms with van der Waals surface area (Å²) in [7, 11) is 3.06. The molecule has 0 saturated carbocycles. The molecule has 9 nitrogen and oxygen atoms in total. The van der Waals surface area contributed by atoms with E-state index in [2.05, 4.69) is 0 Å². The van der Waals surface area contributed by atoms with Crippen molar-refractivity contribution >= 4 is 18.0 Å². The van der Waals surface area contributed by atoms with Gasteiger partial charge >= 0.3 is 11.9 Å². The molecule has 1 N–H and O–H groups in total. The minimum atomic E-state index is -1.25. The standard InChI is InChI=1S/C31H36O9/c1-19-8-6-10-25(37-18-20-12-14-22(35-4)15-13-20)28-26(39-31(2,3)40-28)11-7-9-21-16-23(36-5)17-24(29(32)33)27(21)30(34)38-19/h6-7,9-10,12-17,19,25-26,28H,8,11,18H2,1-5H3,(H,32,33)/b9-7+,10-6-/t19-,25?,26-,28+/m0/s1. The van der Waals surface area contributed by atoms with Crippen molar-refractivity contribution in [1.29, 1.82) is 0 Å². The summed E-state index contributed by atoms with van der Waals surface area (Å²) in [6, 6.07) is 10.6. The largest absolute Gasteiger partial charge is 0.497 e. The molecule has 1 unspecified atom stereocenters. The zero-order chi connectivity index (χ0) is 28.9. The number of cyclic esters (lactones) is 1. The first-order chi connectivity index (χ1) is 19.1. The fourth-order valence-corrected chi connectivity index (χ4v) is 4.80. The summed E-state index contributed by atoms with van der Waals surface area (Å²) in [4.78, 5) is 25.2. The molecule has 0 aromatic heterocycles. The van der Waals surface area contributed by atoms with Crippen LogP contribution in [0.5, 0.6) is 11.5 Å². The van der Waals surface area contributed by atoms with Crippen LogP contribution in [0.1, 0.15) is 65.5 Å². The lowest BCUT2D eigenvalue weighted by molar-refractivity contribution is -0.156. The topological polar surface area (TPSA) is 110 Å². The molecule has 2 aliphatic rings. The molecule has 0 radical (unpaired) electrons. The maximum absolute atomic E-state index is 13.2. The molecule has 2 heterocycles. The third-order valence-electron chi connectivity index (χ3n) is 6.73. The van der Waals surface area contributed by atoms with Gasteiger partial charge in [0.25, 0.3) is 0 Å². The number of carbonyl (C=O) groups is 2. The maximum Gasteiger partial charge on any atom is 0.339 e. The number of methoxy groups -OCH3 is 2. The van der Waals surface area contributed by atoms with Crippen molar-refractivity contribution in [1.82, 2.24) is 0 Å². The van der Waals surface area contributed by atoms with Gasteiger partial charge in [-0.3, -0.25) is 0 Å². The van der Waals surface area contributed by atoms with E-state index in [1.165, 1.54) is 13.2 Å². The van der Waals surface area contributed by atoms with Crippen LogP contribution in [0.4, 0.5) is 0 Å². The Balaban J connectivity index is 1.67. The van der Waals surface area contributed by atoms with E-state index in [1.807, 2.05) is 56.3 Å². The Bertz CT molecular complexity index is 1260. The van der Waals surface area contributed by atoms with Gasteiger partial charge in [0.2, 0.25) is 0 Å². The zero-order valence-corrected chi connectivity index (χ0v) is 23.4. The fourth-order valence-electron chi connectivity index (χ4n) is 4.80. The van der Waals surface area contributed by atoms with Gasteiger partial charge in [-0.05, 0) is 62.6 Å². The predicted octanol–water partition coefficient (Wildman–Crippen LogP) is 5.42. The molecule has 4 atom stereocenters. The second kappa shape index (κ2) is 12.7. The third-order valence-corrected chi connectivity index (χ3v) is 6.73. The van der Waals surface area contributed by atoms with Crippen LogP contribution in [0.25, 0.3) is 6.08 Å². The van der Waals surface area contributed by atoms with Crippen LogP contribution in [0.3, 0.4) is 0 Å². The quantitative estimate of drug-likeness (QED) is 0.371. The first-order valence-corrected chi connectivity index (χ1v) is 13.2. The molecule has 40 heavy (non-hydrogen) atoms. The average molecular weight is 553 g/mol. The van der Waals surface area contributed by atoms with Crippen LogP contribution in [-0.4, -0.2) is 61.5 Å². The molecule has 0 bridgehead atoms. The molecule has 2 aliphatic heterocycles. The number of fused-ring (bicyclic) bond motifs is 2. The van der Waals surface area contributed by atoms with E-state index >= 15 is 0 Å². The summed E-state index contributed by atoms with van der Waals surface area (Å²) >= 11 is 0. The smallest absolute Gasteiger partial charge is 0.339 e. The second-order valence-corrected chi connectivity index (χ2v) is 10.2. The Morgan fingerprint density at radius 1 is 1.02 bits per heavy atom. The molecule has 2 aromatic carbocycles. The van der Waals surface area contributed by atoms with E-state index in [1.54, 1.807) is 26.2 Å². The highest BCUT2D eigenvalue weighted by molar-refractivity contribution is 6.05.